The second kappa shape index (κ2) is 13.2. The molecule has 1 heterocycles. The largest absolute Gasteiger partial charge is 0.480 e. The smallest absolute Gasteiger partial charge is 0.326 e. The summed E-state index contributed by atoms with van der Waals surface area (Å²) >= 11 is 7.96. The Morgan fingerprint density at radius 2 is 1.71 bits per heavy atom. The number of anilines is 1. The summed E-state index contributed by atoms with van der Waals surface area (Å²) in [5.74, 6) is -1.47. The van der Waals surface area contributed by atoms with E-state index < -0.39 is 17.9 Å². The Balaban J connectivity index is 1.44. The van der Waals surface area contributed by atoms with Crippen LogP contribution in [0.3, 0.4) is 0 Å². The average molecular weight is 548 g/mol. The first-order valence-corrected chi connectivity index (χ1v) is 13.8. The first-order valence-electron chi connectivity index (χ1n) is 12.6. The van der Waals surface area contributed by atoms with Gasteiger partial charge in [0.15, 0.2) is 5.13 Å². The van der Waals surface area contributed by atoms with Gasteiger partial charge in [0.05, 0.1) is 5.69 Å². The highest BCUT2D eigenvalue weighted by molar-refractivity contribution is 7.14. The van der Waals surface area contributed by atoms with E-state index in [0.717, 1.165) is 46.9 Å². The maximum Gasteiger partial charge on any atom is 0.326 e. The van der Waals surface area contributed by atoms with Gasteiger partial charge in [-0.2, -0.15) is 0 Å². The zero-order valence-electron chi connectivity index (χ0n) is 21.1. The van der Waals surface area contributed by atoms with Crippen LogP contribution in [0.1, 0.15) is 41.3 Å². The molecule has 0 spiro atoms. The lowest BCUT2D eigenvalue weighted by Gasteiger charge is -2.22. The highest BCUT2D eigenvalue weighted by Gasteiger charge is 2.21. The van der Waals surface area contributed by atoms with Crippen molar-refractivity contribution >= 4 is 39.9 Å². The van der Waals surface area contributed by atoms with Crippen LogP contribution in [-0.2, 0) is 17.8 Å². The summed E-state index contributed by atoms with van der Waals surface area (Å²) in [6.45, 7) is 3.65. The minimum absolute atomic E-state index is 0.219. The number of thiazole rings is 1. The quantitative estimate of drug-likeness (QED) is 0.206. The van der Waals surface area contributed by atoms with Crippen LogP contribution in [0.25, 0.3) is 11.3 Å². The van der Waals surface area contributed by atoms with Crippen molar-refractivity contribution in [2.75, 3.05) is 11.4 Å². The van der Waals surface area contributed by atoms with E-state index in [-0.39, 0.29) is 6.42 Å². The second-order valence-electron chi connectivity index (χ2n) is 9.02. The van der Waals surface area contributed by atoms with Gasteiger partial charge in [-0.1, -0.05) is 85.6 Å². The number of hydrogen-bond donors (Lipinski definition) is 2. The molecular formula is C30H30ClN3O3S. The Labute approximate surface area is 231 Å². The molecule has 4 rings (SSSR count). The van der Waals surface area contributed by atoms with Crippen LogP contribution in [0, 0.1) is 0 Å². The zero-order valence-corrected chi connectivity index (χ0v) is 22.7. The fourth-order valence-corrected chi connectivity index (χ4v) is 5.15. The number of carboxylic acid groups (broad SMARTS) is 1. The summed E-state index contributed by atoms with van der Waals surface area (Å²) in [6.07, 6.45) is 2.31. The molecule has 0 fully saturated rings. The van der Waals surface area contributed by atoms with Gasteiger partial charge in [-0.25, -0.2) is 9.78 Å². The van der Waals surface area contributed by atoms with Crippen molar-refractivity contribution < 1.29 is 14.7 Å². The van der Waals surface area contributed by atoms with E-state index in [1.54, 1.807) is 23.5 Å². The third kappa shape index (κ3) is 7.21. The molecular weight excluding hydrogens is 518 g/mol. The Morgan fingerprint density at radius 3 is 2.39 bits per heavy atom. The molecule has 1 amide bonds. The number of nitrogens with zero attached hydrogens (tertiary/aromatic N) is 2. The monoisotopic (exact) mass is 547 g/mol. The maximum atomic E-state index is 12.8. The van der Waals surface area contributed by atoms with Crippen molar-refractivity contribution in [3.63, 3.8) is 0 Å². The van der Waals surface area contributed by atoms with Crippen molar-refractivity contribution in [3.8, 4) is 11.3 Å². The highest BCUT2D eigenvalue weighted by Crippen LogP contribution is 2.32. The molecule has 4 aromatic rings. The number of hydrogen-bond acceptors (Lipinski definition) is 5. The van der Waals surface area contributed by atoms with E-state index in [9.17, 15) is 14.7 Å². The molecule has 196 valence electrons. The summed E-state index contributed by atoms with van der Waals surface area (Å²) in [5, 5.41) is 15.9. The molecule has 1 aromatic heterocycles. The van der Waals surface area contributed by atoms with Gasteiger partial charge in [-0.15, -0.1) is 11.3 Å². The summed E-state index contributed by atoms with van der Waals surface area (Å²) in [4.78, 5) is 31.7. The molecule has 0 aliphatic rings. The van der Waals surface area contributed by atoms with Crippen molar-refractivity contribution in [2.24, 2.45) is 0 Å². The van der Waals surface area contributed by atoms with Crippen LogP contribution >= 0.6 is 22.9 Å². The lowest BCUT2D eigenvalue weighted by Crippen LogP contribution is -2.42. The summed E-state index contributed by atoms with van der Waals surface area (Å²) in [5.41, 5.74) is 4.07. The van der Waals surface area contributed by atoms with Crippen molar-refractivity contribution in [1.29, 1.82) is 0 Å². The third-order valence-corrected chi connectivity index (χ3v) is 7.40. The van der Waals surface area contributed by atoms with E-state index in [1.165, 1.54) is 0 Å². The van der Waals surface area contributed by atoms with Crippen LogP contribution in [0.15, 0.2) is 84.2 Å². The molecule has 0 bridgehead atoms. The Bertz CT molecular complexity index is 1360. The molecule has 0 aliphatic heterocycles. The lowest BCUT2D eigenvalue weighted by molar-refractivity contribution is -0.139. The molecule has 1 unspecified atom stereocenters. The summed E-state index contributed by atoms with van der Waals surface area (Å²) < 4.78 is 0. The molecule has 0 radical (unpaired) electrons. The number of unbranched alkanes of at least 4 members (excludes halogenated alkanes) is 1. The molecule has 8 heteroatoms. The van der Waals surface area contributed by atoms with Crippen molar-refractivity contribution in [1.82, 2.24) is 10.3 Å². The van der Waals surface area contributed by atoms with Gasteiger partial charge in [0.25, 0.3) is 5.91 Å². The molecule has 3 aromatic carbocycles. The van der Waals surface area contributed by atoms with Gasteiger partial charge >= 0.3 is 5.97 Å². The normalized spacial score (nSPS) is 11.6. The molecule has 0 saturated carbocycles. The number of aromatic nitrogens is 1. The Hall–Kier alpha value is -3.68. The van der Waals surface area contributed by atoms with Crippen LogP contribution in [0.4, 0.5) is 5.13 Å². The predicted molar refractivity (Wildman–Crippen MR) is 154 cm³/mol. The number of aliphatic carboxylic acids is 1. The SMILES string of the molecule is CCCCN(Cc1ccc(C(=O)NC(Cc2ccccc2)C(=O)O)cc1)c1nc(-c2ccccc2Cl)cs1. The molecule has 6 nitrogen and oxygen atoms in total. The van der Waals surface area contributed by atoms with Gasteiger partial charge in [0.1, 0.15) is 6.04 Å². The van der Waals surface area contributed by atoms with Gasteiger partial charge < -0.3 is 15.3 Å². The van der Waals surface area contributed by atoms with E-state index in [0.29, 0.717) is 17.1 Å². The second-order valence-corrected chi connectivity index (χ2v) is 10.3. The van der Waals surface area contributed by atoms with Crippen LogP contribution in [0.5, 0.6) is 0 Å². The number of carboxylic acids is 1. The van der Waals surface area contributed by atoms with Gasteiger partial charge in [0.2, 0.25) is 0 Å². The molecule has 2 N–H and O–H groups in total. The van der Waals surface area contributed by atoms with Gasteiger partial charge in [-0.3, -0.25) is 4.79 Å². The summed E-state index contributed by atoms with van der Waals surface area (Å²) in [7, 11) is 0. The maximum absolute atomic E-state index is 12.8. The minimum atomic E-state index is -1.06. The number of carbonyl (C=O) groups is 2. The predicted octanol–water partition coefficient (Wildman–Crippen LogP) is 6.70. The van der Waals surface area contributed by atoms with Crippen LogP contribution < -0.4 is 10.2 Å². The highest BCUT2D eigenvalue weighted by atomic mass is 35.5. The number of halogens is 1. The molecule has 0 saturated heterocycles. The topological polar surface area (TPSA) is 82.5 Å². The average Bonchev–Trinajstić information content (AvgIpc) is 3.41. The number of nitrogens with one attached hydrogen (secondary N) is 1. The summed E-state index contributed by atoms with van der Waals surface area (Å²) in [6, 6.07) is 23.2. The molecule has 0 aliphatic carbocycles. The van der Waals surface area contributed by atoms with E-state index in [2.05, 4.69) is 17.1 Å². The van der Waals surface area contributed by atoms with E-state index in [4.69, 9.17) is 16.6 Å². The number of carbonyl (C=O) groups excluding carboxylic acids is 1. The molecule has 1 atom stereocenters. The third-order valence-electron chi connectivity index (χ3n) is 6.17. The Morgan fingerprint density at radius 1 is 1.00 bits per heavy atom. The van der Waals surface area contributed by atoms with Crippen molar-refractivity contribution in [3.05, 3.63) is 106 Å². The van der Waals surface area contributed by atoms with Gasteiger partial charge in [0, 0.05) is 41.0 Å². The van der Waals surface area contributed by atoms with Crippen molar-refractivity contribution in [2.45, 2.75) is 38.8 Å². The Kier molecular flexibility index (Phi) is 9.51. The lowest BCUT2D eigenvalue weighted by atomic mass is 10.1. The first-order chi connectivity index (χ1) is 18.4. The van der Waals surface area contributed by atoms with Gasteiger partial charge in [-0.05, 0) is 35.7 Å². The minimum Gasteiger partial charge on any atom is -0.480 e. The van der Waals surface area contributed by atoms with E-state index >= 15 is 0 Å². The fourth-order valence-electron chi connectivity index (χ4n) is 4.07. The fraction of sp³-hybridized carbons (Fsp3) is 0.233. The van der Waals surface area contributed by atoms with Crippen LogP contribution in [0.2, 0.25) is 5.02 Å². The standard InChI is InChI=1S/C30H30ClN3O3S/c1-2-3-17-34(30-33-27(20-38-30)24-11-7-8-12-25(24)31)19-22-13-15-23(16-14-22)28(35)32-26(29(36)37)18-21-9-5-4-6-10-21/h4-16,20,26H,2-3,17-19H2,1H3,(H,32,35)(H,36,37). The number of amides is 1. The number of benzene rings is 3. The van der Waals surface area contributed by atoms with Crippen LogP contribution in [-0.4, -0.2) is 34.6 Å². The number of rotatable bonds is 12. The molecule has 38 heavy (non-hydrogen) atoms. The first kappa shape index (κ1) is 27.4. The van der Waals surface area contributed by atoms with E-state index in [1.807, 2.05) is 72.1 Å². The zero-order chi connectivity index (χ0) is 26.9.